The lowest BCUT2D eigenvalue weighted by molar-refractivity contribution is 0.101. The third kappa shape index (κ3) is 2.30. The predicted octanol–water partition coefficient (Wildman–Crippen LogP) is 3.46. The minimum atomic E-state index is -0.424. The van der Waals surface area contributed by atoms with Crippen LogP contribution >= 0.6 is 0 Å². The minimum absolute atomic E-state index is 0.0478. The molecule has 5 heteroatoms. The SMILES string of the molecule is COc1cc(OC)c2c(c1)O/C(=C\c1ccccc1F)C2=O. The fraction of sp³-hybridized carbons (Fsp3) is 0.118. The van der Waals surface area contributed by atoms with Crippen molar-refractivity contribution in [2.45, 2.75) is 0 Å². The maximum absolute atomic E-state index is 13.7. The van der Waals surface area contributed by atoms with E-state index in [1.54, 1.807) is 30.3 Å². The van der Waals surface area contributed by atoms with Crippen molar-refractivity contribution in [3.63, 3.8) is 0 Å². The Morgan fingerprint density at radius 1 is 1.14 bits per heavy atom. The van der Waals surface area contributed by atoms with Gasteiger partial charge >= 0.3 is 0 Å². The van der Waals surface area contributed by atoms with E-state index in [4.69, 9.17) is 14.2 Å². The summed E-state index contributed by atoms with van der Waals surface area (Å²) in [5.41, 5.74) is 0.593. The molecular formula is C17H13FO4. The van der Waals surface area contributed by atoms with E-state index in [0.717, 1.165) is 0 Å². The van der Waals surface area contributed by atoms with Gasteiger partial charge in [-0.1, -0.05) is 18.2 Å². The zero-order valence-electron chi connectivity index (χ0n) is 12.1. The number of hydrogen-bond donors (Lipinski definition) is 0. The zero-order valence-corrected chi connectivity index (χ0v) is 12.1. The van der Waals surface area contributed by atoms with E-state index in [9.17, 15) is 9.18 Å². The molecule has 3 rings (SSSR count). The highest BCUT2D eigenvalue weighted by molar-refractivity contribution is 6.16. The molecule has 0 saturated heterocycles. The van der Waals surface area contributed by atoms with Gasteiger partial charge in [0.25, 0.3) is 0 Å². The highest BCUT2D eigenvalue weighted by Gasteiger charge is 2.32. The van der Waals surface area contributed by atoms with Gasteiger partial charge in [-0.2, -0.15) is 0 Å². The first-order chi connectivity index (χ1) is 10.6. The molecule has 0 aliphatic carbocycles. The Labute approximate surface area is 126 Å². The summed E-state index contributed by atoms with van der Waals surface area (Å²) in [6, 6.07) is 9.36. The molecule has 4 nitrogen and oxygen atoms in total. The van der Waals surface area contributed by atoms with Crippen LogP contribution in [0.1, 0.15) is 15.9 Å². The smallest absolute Gasteiger partial charge is 0.235 e. The minimum Gasteiger partial charge on any atom is -0.496 e. The first-order valence-electron chi connectivity index (χ1n) is 6.59. The second kappa shape index (κ2) is 5.52. The molecule has 112 valence electrons. The van der Waals surface area contributed by atoms with Gasteiger partial charge in [0.1, 0.15) is 28.6 Å². The second-order valence-corrected chi connectivity index (χ2v) is 4.66. The van der Waals surface area contributed by atoms with Crippen molar-refractivity contribution in [1.82, 2.24) is 0 Å². The third-order valence-electron chi connectivity index (χ3n) is 3.36. The van der Waals surface area contributed by atoms with Gasteiger partial charge in [0.05, 0.1) is 14.2 Å². The van der Waals surface area contributed by atoms with Crippen molar-refractivity contribution < 1.29 is 23.4 Å². The number of hydrogen-bond acceptors (Lipinski definition) is 4. The van der Waals surface area contributed by atoms with Crippen LogP contribution < -0.4 is 14.2 Å². The number of ketones is 1. The van der Waals surface area contributed by atoms with Crippen LogP contribution in [0.4, 0.5) is 4.39 Å². The monoisotopic (exact) mass is 300 g/mol. The van der Waals surface area contributed by atoms with E-state index in [1.807, 2.05) is 0 Å². The van der Waals surface area contributed by atoms with Crippen LogP contribution in [0.25, 0.3) is 6.08 Å². The topological polar surface area (TPSA) is 44.8 Å². The maximum atomic E-state index is 13.7. The highest BCUT2D eigenvalue weighted by atomic mass is 19.1. The Morgan fingerprint density at radius 3 is 2.59 bits per heavy atom. The predicted molar refractivity (Wildman–Crippen MR) is 78.9 cm³/mol. The lowest BCUT2D eigenvalue weighted by Crippen LogP contribution is -2.00. The lowest BCUT2D eigenvalue weighted by Gasteiger charge is -2.07. The molecule has 2 aromatic carbocycles. The molecule has 0 radical (unpaired) electrons. The number of Topliss-reactive ketones (excluding diaryl/α,β-unsaturated/α-hetero) is 1. The van der Waals surface area contributed by atoms with Crippen molar-refractivity contribution >= 4 is 11.9 Å². The maximum Gasteiger partial charge on any atom is 0.235 e. The summed E-state index contributed by atoms with van der Waals surface area (Å²) < 4.78 is 29.6. The van der Waals surface area contributed by atoms with Crippen LogP contribution in [-0.2, 0) is 0 Å². The first kappa shape index (κ1) is 14.1. The van der Waals surface area contributed by atoms with Crippen molar-refractivity contribution in [2.75, 3.05) is 14.2 Å². The number of carbonyl (C=O) groups is 1. The Hall–Kier alpha value is -2.82. The summed E-state index contributed by atoms with van der Waals surface area (Å²) in [6.45, 7) is 0. The Balaban J connectivity index is 2.06. The number of carbonyl (C=O) groups excluding carboxylic acids is 1. The van der Waals surface area contributed by atoms with Crippen molar-refractivity contribution in [3.05, 3.63) is 59.1 Å². The van der Waals surface area contributed by atoms with Crippen molar-refractivity contribution in [3.8, 4) is 17.2 Å². The standard InChI is InChI=1S/C17H13FO4/c1-20-11-8-13(21-2)16-14(9-11)22-15(17(16)19)7-10-5-3-4-6-12(10)18/h3-9H,1-2H3/b15-7-. The normalized spacial score (nSPS) is 14.7. The van der Waals surface area contributed by atoms with Gasteiger partial charge in [-0.05, 0) is 12.1 Å². The van der Waals surface area contributed by atoms with Gasteiger partial charge in [-0.15, -0.1) is 0 Å². The Bertz CT molecular complexity index is 780. The molecule has 0 fully saturated rings. The molecular weight excluding hydrogens is 287 g/mol. The summed E-state index contributed by atoms with van der Waals surface area (Å²) >= 11 is 0. The fourth-order valence-electron chi connectivity index (χ4n) is 2.27. The molecule has 0 amide bonds. The molecule has 0 N–H and O–H groups in total. The van der Waals surface area contributed by atoms with Crippen LogP contribution in [0.3, 0.4) is 0 Å². The van der Waals surface area contributed by atoms with Crippen LogP contribution in [0.15, 0.2) is 42.2 Å². The summed E-state index contributed by atoms with van der Waals surface area (Å²) in [5.74, 6) is 0.479. The molecule has 0 aromatic heterocycles. The van der Waals surface area contributed by atoms with Crippen molar-refractivity contribution in [2.24, 2.45) is 0 Å². The number of methoxy groups -OCH3 is 2. The molecule has 2 aromatic rings. The fourth-order valence-corrected chi connectivity index (χ4v) is 2.27. The molecule has 1 aliphatic rings. The van der Waals surface area contributed by atoms with Gasteiger partial charge in [0, 0.05) is 17.7 Å². The largest absolute Gasteiger partial charge is 0.496 e. The molecule has 1 aliphatic heterocycles. The van der Waals surface area contributed by atoms with E-state index in [0.29, 0.717) is 22.8 Å². The number of ether oxygens (including phenoxy) is 3. The number of rotatable bonds is 3. The number of fused-ring (bicyclic) bond motifs is 1. The molecule has 0 saturated carbocycles. The van der Waals surface area contributed by atoms with E-state index in [-0.39, 0.29) is 17.1 Å². The average molecular weight is 300 g/mol. The summed E-state index contributed by atoms with van der Waals surface area (Å²) in [6.07, 6.45) is 1.38. The van der Waals surface area contributed by atoms with Gasteiger partial charge in [-0.25, -0.2) is 4.39 Å². The molecule has 0 bridgehead atoms. The highest BCUT2D eigenvalue weighted by Crippen LogP contribution is 2.41. The molecule has 22 heavy (non-hydrogen) atoms. The first-order valence-corrected chi connectivity index (χ1v) is 6.59. The Kier molecular flexibility index (Phi) is 3.55. The average Bonchev–Trinajstić information content (AvgIpc) is 2.85. The Morgan fingerprint density at radius 2 is 1.91 bits per heavy atom. The molecule has 0 unspecified atom stereocenters. The summed E-state index contributed by atoms with van der Waals surface area (Å²) in [5, 5.41) is 0. The van der Waals surface area contributed by atoms with Crippen LogP contribution in [0, 0.1) is 5.82 Å². The number of benzene rings is 2. The van der Waals surface area contributed by atoms with Crippen molar-refractivity contribution in [1.29, 1.82) is 0 Å². The van der Waals surface area contributed by atoms with E-state index < -0.39 is 5.82 Å². The number of allylic oxidation sites excluding steroid dienone is 1. The summed E-state index contributed by atoms with van der Waals surface area (Å²) in [7, 11) is 2.97. The zero-order chi connectivity index (χ0) is 15.7. The van der Waals surface area contributed by atoms with Crippen LogP contribution in [0.5, 0.6) is 17.2 Å². The molecule has 1 heterocycles. The summed E-state index contributed by atoms with van der Waals surface area (Å²) in [4.78, 5) is 12.5. The molecule has 0 spiro atoms. The van der Waals surface area contributed by atoms with E-state index in [2.05, 4.69) is 0 Å². The quantitative estimate of drug-likeness (QED) is 0.814. The van der Waals surface area contributed by atoms with Gasteiger partial charge in [0.15, 0.2) is 5.76 Å². The molecule has 0 atom stereocenters. The van der Waals surface area contributed by atoms with E-state index in [1.165, 1.54) is 26.4 Å². The third-order valence-corrected chi connectivity index (χ3v) is 3.36. The van der Waals surface area contributed by atoms with E-state index >= 15 is 0 Å². The lowest BCUT2D eigenvalue weighted by atomic mass is 10.1. The van der Waals surface area contributed by atoms with Gasteiger partial charge < -0.3 is 14.2 Å². The second-order valence-electron chi connectivity index (χ2n) is 4.66. The van der Waals surface area contributed by atoms with Crippen LogP contribution in [-0.4, -0.2) is 20.0 Å². The van der Waals surface area contributed by atoms with Gasteiger partial charge in [0.2, 0.25) is 5.78 Å². The number of halogens is 1. The van der Waals surface area contributed by atoms with Crippen LogP contribution in [0.2, 0.25) is 0 Å². The van der Waals surface area contributed by atoms with Gasteiger partial charge in [-0.3, -0.25) is 4.79 Å².